The van der Waals surface area contributed by atoms with Gasteiger partial charge in [0, 0.05) is 24.2 Å². The Balaban J connectivity index is 1.92. The minimum Gasteiger partial charge on any atom is -0.467 e. The molecule has 1 amide bonds. The van der Waals surface area contributed by atoms with Gasteiger partial charge in [-0.25, -0.2) is 4.79 Å². The summed E-state index contributed by atoms with van der Waals surface area (Å²) in [6, 6.07) is 11.0. The highest BCUT2D eigenvalue weighted by Crippen LogP contribution is 2.32. The van der Waals surface area contributed by atoms with Gasteiger partial charge in [-0.05, 0) is 40.8 Å². The summed E-state index contributed by atoms with van der Waals surface area (Å²) >= 11 is 0. The molecule has 0 fully saturated rings. The third-order valence-corrected chi connectivity index (χ3v) is 4.76. The minimum absolute atomic E-state index is 0.0139. The quantitative estimate of drug-likeness (QED) is 0.458. The number of hydrogen-bond donors (Lipinski definition) is 0. The summed E-state index contributed by atoms with van der Waals surface area (Å²) in [7, 11) is 1.32. The predicted molar refractivity (Wildman–Crippen MR) is 99.0 cm³/mol. The first-order valence-electron chi connectivity index (χ1n) is 8.60. The van der Waals surface area contributed by atoms with E-state index in [1.54, 1.807) is 23.1 Å². The van der Waals surface area contributed by atoms with Crippen LogP contribution >= 0.6 is 0 Å². The number of hydrogen-bond acceptors (Lipinski definition) is 5. The second kappa shape index (κ2) is 7.19. The molecule has 0 N–H and O–H groups in total. The van der Waals surface area contributed by atoms with Crippen LogP contribution in [0.2, 0.25) is 0 Å². The summed E-state index contributed by atoms with van der Waals surface area (Å²) in [5.41, 5.74) is 2.97. The first kappa shape index (κ1) is 18.6. The van der Waals surface area contributed by atoms with Crippen molar-refractivity contribution in [1.82, 2.24) is 4.90 Å². The van der Waals surface area contributed by atoms with Crippen molar-refractivity contribution >= 4 is 17.6 Å². The maximum atomic E-state index is 12.9. The summed E-state index contributed by atoms with van der Waals surface area (Å²) in [5, 5.41) is 10.8. The van der Waals surface area contributed by atoms with Gasteiger partial charge in [-0.1, -0.05) is 26.0 Å². The molecule has 0 spiro atoms. The highest BCUT2D eigenvalue weighted by atomic mass is 16.6. The van der Waals surface area contributed by atoms with Crippen LogP contribution in [-0.4, -0.2) is 34.9 Å². The van der Waals surface area contributed by atoms with E-state index >= 15 is 0 Å². The molecular weight excluding hydrogens is 348 g/mol. The molecule has 2 aromatic carbocycles. The number of ether oxygens (including phenoxy) is 1. The molecular formula is C20H20N2O5. The number of rotatable bonds is 5. The van der Waals surface area contributed by atoms with E-state index in [2.05, 4.69) is 0 Å². The number of methoxy groups -OCH3 is 1. The summed E-state index contributed by atoms with van der Waals surface area (Å²) in [6.07, 6.45) is 0. The fourth-order valence-corrected chi connectivity index (χ4v) is 3.38. The van der Waals surface area contributed by atoms with Crippen molar-refractivity contribution in [3.05, 3.63) is 63.7 Å². The summed E-state index contributed by atoms with van der Waals surface area (Å²) in [6.45, 7) is 4.10. The van der Waals surface area contributed by atoms with Gasteiger partial charge in [0.25, 0.3) is 11.6 Å². The lowest BCUT2D eigenvalue weighted by Crippen LogP contribution is -2.45. The van der Waals surface area contributed by atoms with Gasteiger partial charge in [0.15, 0.2) is 0 Å². The Kier molecular flexibility index (Phi) is 4.94. The normalized spacial score (nSPS) is 14.2. The van der Waals surface area contributed by atoms with Crippen molar-refractivity contribution in [3.8, 4) is 11.1 Å². The zero-order chi connectivity index (χ0) is 19.7. The van der Waals surface area contributed by atoms with Gasteiger partial charge in [0.05, 0.1) is 12.0 Å². The lowest BCUT2D eigenvalue weighted by atomic mass is 10.0. The van der Waals surface area contributed by atoms with E-state index in [0.717, 1.165) is 16.7 Å². The molecule has 7 nitrogen and oxygen atoms in total. The zero-order valence-corrected chi connectivity index (χ0v) is 15.3. The second-order valence-electron chi connectivity index (χ2n) is 6.82. The average molecular weight is 368 g/mol. The number of nitrogens with zero attached hydrogens (tertiary/aromatic N) is 2. The molecule has 0 radical (unpaired) electrons. The first-order chi connectivity index (χ1) is 12.8. The molecule has 0 unspecified atom stereocenters. The minimum atomic E-state index is -0.641. The molecule has 7 heteroatoms. The van der Waals surface area contributed by atoms with Crippen molar-refractivity contribution in [2.75, 3.05) is 7.11 Å². The third-order valence-electron chi connectivity index (χ3n) is 4.76. The Morgan fingerprint density at radius 3 is 2.33 bits per heavy atom. The highest BCUT2D eigenvalue weighted by molar-refractivity contribution is 6.01. The maximum absolute atomic E-state index is 12.9. The van der Waals surface area contributed by atoms with E-state index in [1.165, 1.54) is 19.2 Å². The highest BCUT2D eigenvalue weighted by Gasteiger charge is 2.38. The smallest absolute Gasteiger partial charge is 0.328 e. The summed E-state index contributed by atoms with van der Waals surface area (Å²) in [5.74, 6) is -0.718. The number of amides is 1. The van der Waals surface area contributed by atoms with Gasteiger partial charge in [-0.3, -0.25) is 14.9 Å². The molecule has 0 saturated carbocycles. The van der Waals surface area contributed by atoms with Crippen LogP contribution in [0.4, 0.5) is 5.69 Å². The number of nitro benzene ring substituents is 1. The first-order valence-corrected chi connectivity index (χ1v) is 8.60. The fraction of sp³-hybridized carbons (Fsp3) is 0.300. The summed E-state index contributed by atoms with van der Waals surface area (Å²) in [4.78, 5) is 36.9. The number of carbonyl (C=O) groups excluding carboxylic acids is 2. The van der Waals surface area contributed by atoms with Gasteiger partial charge in [0.1, 0.15) is 6.04 Å². The Hall–Kier alpha value is -3.22. The van der Waals surface area contributed by atoms with Crippen molar-refractivity contribution in [3.63, 3.8) is 0 Å². The van der Waals surface area contributed by atoms with E-state index in [0.29, 0.717) is 12.1 Å². The van der Waals surface area contributed by atoms with Crippen molar-refractivity contribution in [2.45, 2.75) is 26.4 Å². The lowest BCUT2D eigenvalue weighted by Gasteiger charge is -2.28. The monoisotopic (exact) mass is 368 g/mol. The Morgan fingerprint density at radius 1 is 1.15 bits per heavy atom. The van der Waals surface area contributed by atoms with Crippen LogP contribution in [-0.2, 0) is 16.1 Å². The van der Waals surface area contributed by atoms with Crippen LogP contribution in [0.5, 0.6) is 0 Å². The van der Waals surface area contributed by atoms with Crippen LogP contribution in [0.15, 0.2) is 42.5 Å². The molecule has 1 aliphatic heterocycles. The van der Waals surface area contributed by atoms with Crippen LogP contribution in [0.3, 0.4) is 0 Å². The summed E-state index contributed by atoms with van der Waals surface area (Å²) < 4.78 is 4.87. The Bertz CT molecular complexity index is 905. The molecule has 0 aliphatic carbocycles. The third kappa shape index (κ3) is 3.40. The molecule has 140 valence electrons. The standard InChI is InChI=1S/C20H20N2O5/c1-12(2)18(20(24)27-3)21-11-15-5-4-14(10-17(15)19(21)23)13-6-8-16(9-7-13)22(25)26/h4-10,12,18H,11H2,1-3H3/t18-/m0/s1. The van der Waals surface area contributed by atoms with Crippen LogP contribution in [0.1, 0.15) is 29.8 Å². The topological polar surface area (TPSA) is 89.8 Å². The molecule has 0 aromatic heterocycles. The van der Waals surface area contributed by atoms with Crippen LogP contribution < -0.4 is 0 Å². The largest absolute Gasteiger partial charge is 0.467 e. The van der Waals surface area contributed by atoms with Gasteiger partial charge in [-0.2, -0.15) is 0 Å². The SMILES string of the molecule is COC(=O)[C@H](C(C)C)N1Cc2ccc(-c3ccc([N+](=O)[O-])cc3)cc2C1=O. The van der Waals surface area contributed by atoms with Crippen molar-refractivity contribution in [1.29, 1.82) is 0 Å². The zero-order valence-electron chi connectivity index (χ0n) is 15.3. The Morgan fingerprint density at radius 2 is 1.78 bits per heavy atom. The second-order valence-corrected chi connectivity index (χ2v) is 6.82. The lowest BCUT2D eigenvalue weighted by molar-refractivity contribution is -0.384. The van der Waals surface area contributed by atoms with Gasteiger partial charge >= 0.3 is 5.97 Å². The molecule has 1 atom stereocenters. The molecule has 1 heterocycles. The fourth-order valence-electron chi connectivity index (χ4n) is 3.38. The number of benzene rings is 2. The molecule has 0 saturated heterocycles. The molecule has 3 rings (SSSR count). The van der Waals surface area contributed by atoms with Crippen LogP contribution in [0.25, 0.3) is 11.1 Å². The number of non-ortho nitro benzene ring substituents is 1. The number of fused-ring (bicyclic) bond motifs is 1. The number of nitro groups is 1. The van der Waals surface area contributed by atoms with E-state index in [-0.39, 0.29) is 17.5 Å². The molecule has 2 aromatic rings. The van der Waals surface area contributed by atoms with E-state index < -0.39 is 16.9 Å². The molecule has 27 heavy (non-hydrogen) atoms. The number of esters is 1. The Labute approximate surface area is 156 Å². The van der Waals surface area contributed by atoms with Crippen LogP contribution in [0, 0.1) is 16.0 Å². The maximum Gasteiger partial charge on any atom is 0.328 e. The average Bonchev–Trinajstić information content (AvgIpc) is 2.97. The molecule has 0 bridgehead atoms. The van der Waals surface area contributed by atoms with Crippen molar-refractivity contribution < 1.29 is 19.2 Å². The van der Waals surface area contributed by atoms with Gasteiger partial charge < -0.3 is 9.64 Å². The van der Waals surface area contributed by atoms with E-state index in [4.69, 9.17) is 4.74 Å². The van der Waals surface area contributed by atoms with Gasteiger partial charge in [0.2, 0.25) is 0 Å². The van der Waals surface area contributed by atoms with Crippen molar-refractivity contribution in [2.24, 2.45) is 5.92 Å². The van der Waals surface area contributed by atoms with E-state index in [9.17, 15) is 19.7 Å². The van der Waals surface area contributed by atoms with E-state index in [1.807, 2.05) is 26.0 Å². The predicted octanol–water partition coefficient (Wildman–Crippen LogP) is 3.42. The van der Waals surface area contributed by atoms with Gasteiger partial charge in [-0.15, -0.1) is 0 Å². The number of carbonyl (C=O) groups is 2. The molecule has 1 aliphatic rings.